The molecule has 0 N–H and O–H groups in total. The number of nitrogens with zero attached hydrogens (tertiary/aromatic N) is 10. The molecular formula is C78H134N10O4. The molecule has 14 nitrogen and oxygen atoms in total. The molecular weight excluding hydrogens is 1140 g/mol. The first-order valence-electron chi connectivity index (χ1n) is 34.8. The zero-order valence-electron chi connectivity index (χ0n) is 64.0. The summed E-state index contributed by atoms with van der Waals surface area (Å²) in [5, 5.41) is 0. The van der Waals surface area contributed by atoms with Crippen LogP contribution in [0.25, 0.3) is 0 Å². The van der Waals surface area contributed by atoms with Crippen LogP contribution >= 0.6 is 0 Å². The van der Waals surface area contributed by atoms with Crippen LogP contribution in [0, 0.1) is 47.3 Å². The first-order valence-corrected chi connectivity index (χ1v) is 34.8. The number of hydrogen-bond acceptors (Lipinski definition) is 10. The number of likely N-dealkylation sites (tertiary alicyclic amines) is 4. The molecule has 12 aliphatic rings. The molecule has 4 amide bonds. The van der Waals surface area contributed by atoms with E-state index >= 15 is 0 Å². The van der Waals surface area contributed by atoms with Gasteiger partial charge < -0.3 is 19.6 Å². The van der Waals surface area contributed by atoms with Crippen LogP contribution in [0.2, 0.25) is 0 Å². The van der Waals surface area contributed by atoms with Crippen LogP contribution < -0.4 is 0 Å². The second-order valence-corrected chi connectivity index (χ2v) is 29.9. The molecule has 0 bridgehead atoms. The standard InChI is InChI=1S/2C8H12.2C7H11N.4C6H11NO.4C6H11N/c2*1-6-4-7(2)8(3)5-6;2*1-5-4-6(2)8-7(5)3;4*1-5-3-6(8)7(2)4-5;4*1-5-3-6(2)7-4-5/h2*4H,5H2,1-3H3;2*4H2,1-3H3;4*5H,3-4H2,1-2H3;4*5H,3-4H2,1-2H3/t;;;;8*5-/m....11001100/s1. The molecule has 92 heavy (non-hydrogen) atoms. The van der Waals surface area contributed by atoms with Crippen LogP contribution in [-0.4, -0.2) is 158 Å². The van der Waals surface area contributed by atoms with Crippen molar-refractivity contribution in [3.8, 4) is 0 Å². The van der Waals surface area contributed by atoms with Crippen LogP contribution in [0.4, 0.5) is 0 Å². The van der Waals surface area contributed by atoms with E-state index in [1.54, 1.807) is 19.6 Å². The summed E-state index contributed by atoms with van der Waals surface area (Å²) >= 11 is 0. The van der Waals surface area contributed by atoms with Crippen molar-refractivity contribution in [2.24, 2.45) is 77.3 Å². The van der Waals surface area contributed by atoms with Gasteiger partial charge in [0.1, 0.15) is 0 Å². The number of amides is 4. The quantitative estimate of drug-likeness (QED) is 0.237. The van der Waals surface area contributed by atoms with E-state index in [2.05, 4.69) is 208 Å². The molecule has 520 valence electrons. The highest BCUT2D eigenvalue weighted by Gasteiger charge is 2.25. The van der Waals surface area contributed by atoms with Gasteiger partial charge in [-0.2, -0.15) is 0 Å². The van der Waals surface area contributed by atoms with Gasteiger partial charge in [0.05, 0.1) is 0 Å². The third-order valence-electron chi connectivity index (χ3n) is 17.8. The molecule has 0 aromatic carbocycles. The van der Waals surface area contributed by atoms with Crippen molar-refractivity contribution in [3.63, 3.8) is 0 Å². The fourth-order valence-electron chi connectivity index (χ4n) is 12.2. The van der Waals surface area contributed by atoms with Crippen molar-refractivity contribution in [1.82, 2.24) is 19.6 Å². The Hall–Kier alpha value is -5.66. The molecule has 10 heterocycles. The molecule has 4 fully saturated rings. The third kappa shape index (κ3) is 36.7. The van der Waals surface area contributed by atoms with Crippen molar-refractivity contribution >= 4 is 57.9 Å². The Bertz CT molecular complexity index is 2440. The summed E-state index contributed by atoms with van der Waals surface area (Å²) in [6.07, 6.45) is 17.0. The van der Waals surface area contributed by atoms with Crippen LogP contribution in [0.3, 0.4) is 0 Å². The third-order valence-corrected chi connectivity index (χ3v) is 17.8. The Morgan fingerprint density at radius 3 is 0.554 bits per heavy atom. The minimum atomic E-state index is 0.289. The maximum atomic E-state index is 10.7. The van der Waals surface area contributed by atoms with E-state index < -0.39 is 0 Å². The topological polar surface area (TPSA) is 155 Å². The lowest BCUT2D eigenvalue weighted by Gasteiger charge is -2.04. The lowest BCUT2D eigenvalue weighted by molar-refractivity contribution is -0.127. The maximum absolute atomic E-state index is 10.7. The molecule has 0 aromatic rings. The fourth-order valence-corrected chi connectivity index (χ4v) is 12.2. The Labute approximate surface area is 563 Å². The predicted molar refractivity (Wildman–Crippen MR) is 398 cm³/mol. The summed E-state index contributed by atoms with van der Waals surface area (Å²) in [6, 6.07) is 0. The van der Waals surface area contributed by atoms with E-state index in [0.29, 0.717) is 23.7 Å². The maximum Gasteiger partial charge on any atom is 0.222 e. The van der Waals surface area contributed by atoms with Gasteiger partial charge in [0.15, 0.2) is 0 Å². The molecule has 14 heteroatoms. The first-order chi connectivity index (χ1) is 42.7. The monoisotopic (exact) mass is 1280 g/mol. The highest BCUT2D eigenvalue weighted by molar-refractivity contribution is 5.88. The average molecular weight is 1280 g/mol. The average Bonchev–Trinajstić information content (AvgIpc) is 3.15. The minimum absolute atomic E-state index is 0.289. The van der Waals surface area contributed by atoms with Gasteiger partial charge >= 0.3 is 0 Å². The summed E-state index contributed by atoms with van der Waals surface area (Å²) in [5.41, 5.74) is 22.0. The molecule has 2 aliphatic carbocycles. The van der Waals surface area contributed by atoms with E-state index in [4.69, 9.17) is 0 Å². The van der Waals surface area contributed by atoms with Crippen molar-refractivity contribution in [2.75, 3.05) is 80.5 Å². The van der Waals surface area contributed by atoms with Crippen molar-refractivity contribution in [3.05, 3.63) is 68.1 Å². The first kappa shape index (κ1) is 84.4. The molecule has 8 atom stereocenters. The Morgan fingerprint density at radius 2 is 0.511 bits per heavy atom. The number of rotatable bonds is 0. The number of carbonyl (C=O) groups excluding carboxylic acids is 4. The number of carbonyl (C=O) groups is 4. The summed E-state index contributed by atoms with van der Waals surface area (Å²) in [5.74, 6) is 6.74. The summed E-state index contributed by atoms with van der Waals surface area (Å²) in [6.45, 7) is 59.4. The van der Waals surface area contributed by atoms with Crippen LogP contribution in [0.1, 0.15) is 243 Å². The molecule has 10 aliphatic heterocycles. The second-order valence-electron chi connectivity index (χ2n) is 29.9. The second kappa shape index (κ2) is 43.3. The van der Waals surface area contributed by atoms with Gasteiger partial charge in [0, 0.05) is 165 Å². The van der Waals surface area contributed by atoms with Gasteiger partial charge in [0.25, 0.3) is 0 Å². The van der Waals surface area contributed by atoms with Gasteiger partial charge in [-0.15, -0.1) is 0 Å². The Balaban J connectivity index is 0.000000502. The smallest absolute Gasteiger partial charge is 0.222 e. The summed E-state index contributed by atoms with van der Waals surface area (Å²) < 4.78 is 0. The Kier molecular flexibility index (Phi) is 39.7. The van der Waals surface area contributed by atoms with Crippen LogP contribution in [0.5, 0.6) is 0 Å². The van der Waals surface area contributed by atoms with E-state index in [-0.39, 0.29) is 23.6 Å². The molecule has 0 saturated carbocycles. The fraction of sp³-hybridized carbons (Fsp3) is 0.718. The van der Waals surface area contributed by atoms with E-state index in [1.165, 1.54) is 129 Å². The summed E-state index contributed by atoms with van der Waals surface area (Å²) in [4.78, 5) is 75.4. The number of hydrogen-bond donors (Lipinski definition) is 0. The highest BCUT2D eigenvalue weighted by atomic mass is 16.2. The molecule has 4 saturated heterocycles. The van der Waals surface area contributed by atoms with E-state index in [1.807, 2.05) is 28.2 Å². The molecule has 0 unspecified atom stereocenters. The molecule has 0 spiro atoms. The van der Waals surface area contributed by atoms with Crippen LogP contribution in [0.15, 0.2) is 98.1 Å². The van der Waals surface area contributed by atoms with E-state index in [0.717, 1.165) is 115 Å². The van der Waals surface area contributed by atoms with Gasteiger partial charge in [-0.3, -0.25) is 49.1 Å². The molecule has 0 aromatic heterocycles. The van der Waals surface area contributed by atoms with Gasteiger partial charge in [-0.1, -0.05) is 101 Å². The van der Waals surface area contributed by atoms with Gasteiger partial charge in [0.2, 0.25) is 23.6 Å². The molecule has 12 rings (SSSR count). The zero-order chi connectivity index (χ0) is 70.3. The number of aliphatic imine (C=N–C) groups is 6. The SMILES string of the molecule is CC1=CC(C)=C(C)C1.CC1=CC(C)=C(C)C1.CC1=NC(C)=C(C)C1.CC1=NC(C)=C(C)C1.CC1=NC[C@@H](C)C1.CC1=NC[C@@H](C)C1.CC1=NC[C@H](C)C1.CC1=NC[C@H](C)C1.C[C@@H]1CC(=O)N(C)C1.C[C@@H]1CC(=O)N(C)C1.C[C@H]1CC(=O)N(C)C1.C[C@H]1CC(=O)N(C)C1. The lowest BCUT2D eigenvalue weighted by Crippen LogP contribution is -2.18. The van der Waals surface area contributed by atoms with Gasteiger partial charge in [-0.25, -0.2) is 0 Å². The lowest BCUT2D eigenvalue weighted by atomic mass is 10.1. The normalized spacial score (nSPS) is 26.4. The van der Waals surface area contributed by atoms with Crippen LogP contribution in [-0.2, 0) is 19.2 Å². The van der Waals surface area contributed by atoms with E-state index in [9.17, 15) is 19.2 Å². The predicted octanol–water partition coefficient (Wildman–Crippen LogP) is 17.5. The van der Waals surface area contributed by atoms with Crippen molar-refractivity contribution in [1.29, 1.82) is 0 Å². The molecule has 0 radical (unpaired) electrons. The Morgan fingerprint density at radius 1 is 0.293 bits per heavy atom. The summed E-state index contributed by atoms with van der Waals surface area (Å²) in [7, 11) is 7.41. The van der Waals surface area contributed by atoms with Crippen molar-refractivity contribution < 1.29 is 19.2 Å². The van der Waals surface area contributed by atoms with Crippen molar-refractivity contribution in [2.45, 2.75) is 243 Å². The number of allylic oxidation sites excluding steroid dienone is 12. The largest absolute Gasteiger partial charge is 0.345 e. The minimum Gasteiger partial charge on any atom is -0.345 e. The highest BCUT2D eigenvalue weighted by Crippen LogP contribution is 2.25. The zero-order valence-corrected chi connectivity index (χ0v) is 64.0. The van der Waals surface area contributed by atoms with Gasteiger partial charge in [-0.05, 0) is 208 Å².